The van der Waals surface area contributed by atoms with Crippen LogP contribution in [-0.2, 0) is 6.54 Å². The van der Waals surface area contributed by atoms with Gasteiger partial charge in [-0.2, -0.15) is 8.78 Å². The first kappa shape index (κ1) is 16.6. The summed E-state index contributed by atoms with van der Waals surface area (Å²) in [6.45, 7) is 1.54. The normalized spacial score (nSPS) is 16.2. The van der Waals surface area contributed by atoms with Crippen molar-refractivity contribution in [3.05, 3.63) is 28.2 Å². The lowest BCUT2D eigenvalue weighted by molar-refractivity contribution is -0.0508. The number of alkyl halides is 2. The Morgan fingerprint density at radius 1 is 1.32 bits per heavy atom. The molecule has 1 saturated heterocycles. The summed E-state index contributed by atoms with van der Waals surface area (Å²) >= 11 is 3.35. The third kappa shape index (κ3) is 5.22. The van der Waals surface area contributed by atoms with Gasteiger partial charge in [-0.15, -0.1) is 12.4 Å². The van der Waals surface area contributed by atoms with E-state index in [0.717, 1.165) is 36.2 Å². The van der Waals surface area contributed by atoms with Crippen molar-refractivity contribution < 1.29 is 13.5 Å². The minimum atomic E-state index is -2.78. The highest BCUT2D eigenvalue weighted by Gasteiger charge is 2.15. The molecule has 19 heavy (non-hydrogen) atoms. The van der Waals surface area contributed by atoms with E-state index in [1.165, 1.54) is 0 Å². The van der Waals surface area contributed by atoms with Gasteiger partial charge in [0.05, 0.1) is 0 Å². The molecule has 1 aromatic rings. The van der Waals surface area contributed by atoms with Crippen LogP contribution in [0.2, 0.25) is 0 Å². The number of rotatable bonds is 4. The molecule has 0 radical (unpaired) electrons. The van der Waals surface area contributed by atoms with Crippen molar-refractivity contribution in [1.82, 2.24) is 10.2 Å². The average Bonchev–Trinajstić information content (AvgIpc) is 2.33. The van der Waals surface area contributed by atoms with Gasteiger partial charge in [0.2, 0.25) is 0 Å². The lowest BCUT2D eigenvalue weighted by Gasteiger charge is -2.27. The van der Waals surface area contributed by atoms with E-state index in [0.29, 0.717) is 6.54 Å². The van der Waals surface area contributed by atoms with Crippen molar-refractivity contribution >= 4 is 28.3 Å². The maximum atomic E-state index is 12.3. The molecule has 1 aliphatic rings. The van der Waals surface area contributed by atoms with Gasteiger partial charge in [-0.05, 0) is 18.2 Å². The SMILES string of the molecule is Cl.FC(F)Oc1ccc(Br)cc1CN1CCNCC1. The second-order valence-electron chi connectivity index (χ2n) is 4.16. The van der Waals surface area contributed by atoms with Gasteiger partial charge in [0.15, 0.2) is 0 Å². The highest BCUT2D eigenvalue weighted by atomic mass is 79.9. The zero-order valence-corrected chi connectivity index (χ0v) is 12.6. The van der Waals surface area contributed by atoms with Gasteiger partial charge in [-0.1, -0.05) is 15.9 Å². The van der Waals surface area contributed by atoms with Crippen LogP contribution < -0.4 is 10.1 Å². The lowest BCUT2D eigenvalue weighted by atomic mass is 10.2. The maximum absolute atomic E-state index is 12.3. The highest BCUT2D eigenvalue weighted by molar-refractivity contribution is 9.10. The number of halogens is 4. The molecule has 0 aliphatic carbocycles. The van der Waals surface area contributed by atoms with E-state index in [1.54, 1.807) is 12.1 Å². The third-order valence-corrected chi connectivity index (χ3v) is 3.34. The van der Waals surface area contributed by atoms with Crippen molar-refractivity contribution in [3.63, 3.8) is 0 Å². The molecule has 0 atom stereocenters. The molecule has 0 spiro atoms. The molecule has 1 fully saturated rings. The second-order valence-corrected chi connectivity index (χ2v) is 5.07. The summed E-state index contributed by atoms with van der Waals surface area (Å²) in [6.07, 6.45) is 0. The molecule has 0 bridgehead atoms. The fourth-order valence-electron chi connectivity index (χ4n) is 1.99. The Morgan fingerprint density at radius 2 is 2.00 bits per heavy atom. The minimum Gasteiger partial charge on any atom is -0.434 e. The molecule has 1 heterocycles. The Balaban J connectivity index is 0.00000180. The topological polar surface area (TPSA) is 24.5 Å². The summed E-state index contributed by atoms with van der Waals surface area (Å²) in [5.74, 6) is 0.256. The van der Waals surface area contributed by atoms with Crippen LogP contribution in [-0.4, -0.2) is 37.7 Å². The first-order valence-electron chi connectivity index (χ1n) is 5.81. The number of benzene rings is 1. The molecule has 7 heteroatoms. The molecule has 108 valence electrons. The van der Waals surface area contributed by atoms with E-state index in [1.807, 2.05) is 6.07 Å². The summed E-state index contributed by atoms with van der Waals surface area (Å²) in [6, 6.07) is 5.12. The van der Waals surface area contributed by atoms with Crippen LogP contribution in [0, 0.1) is 0 Å². The van der Waals surface area contributed by atoms with Crippen molar-refractivity contribution in [2.75, 3.05) is 26.2 Å². The Kier molecular flexibility index (Phi) is 6.99. The van der Waals surface area contributed by atoms with Crippen LogP contribution in [0.25, 0.3) is 0 Å². The number of ether oxygens (including phenoxy) is 1. The number of piperazine rings is 1. The predicted molar refractivity (Wildman–Crippen MR) is 76.2 cm³/mol. The zero-order valence-electron chi connectivity index (χ0n) is 10.2. The minimum absolute atomic E-state index is 0. The third-order valence-electron chi connectivity index (χ3n) is 2.84. The lowest BCUT2D eigenvalue weighted by Crippen LogP contribution is -2.42. The van der Waals surface area contributed by atoms with Crippen LogP contribution in [0.15, 0.2) is 22.7 Å². The van der Waals surface area contributed by atoms with E-state index in [-0.39, 0.29) is 18.2 Å². The second kappa shape index (κ2) is 7.99. The van der Waals surface area contributed by atoms with Crippen LogP contribution >= 0.6 is 28.3 Å². The molecule has 0 saturated carbocycles. The predicted octanol–water partition coefficient (Wildman–Crippen LogP) is 2.88. The van der Waals surface area contributed by atoms with Crippen LogP contribution in [0.4, 0.5) is 8.78 Å². The van der Waals surface area contributed by atoms with Crippen LogP contribution in [0.5, 0.6) is 5.75 Å². The van der Waals surface area contributed by atoms with E-state index in [9.17, 15) is 8.78 Å². The Morgan fingerprint density at radius 3 is 2.63 bits per heavy atom. The number of nitrogens with zero attached hydrogens (tertiary/aromatic N) is 1. The quantitative estimate of drug-likeness (QED) is 0.897. The fraction of sp³-hybridized carbons (Fsp3) is 0.500. The molecule has 0 amide bonds. The van der Waals surface area contributed by atoms with E-state index in [4.69, 9.17) is 0 Å². The van der Waals surface area contributed by atoms with Gasteiger partial charge in [0.1, 0.15) is 5.75 Å². The van der Waals surface area contributed by atoms with Crippen molar-refractivity contribution in [3.8, 4) is 5.75 Å². The van der Waals surface area contributed by atoms with Gasteiger partial charge in [0.25, 0.3) is 0 Å². The van der Waals surface area contributed by atoms with Crippen molar-refractivity contribution in [2.24, 2.45) is 0 Å². The summed E-state index contributed by atoms with van der Waals surface area (Å²) < 4.78 is 30.1. The number of hydrogen-bond donors (Lipinski definition) is 1. The first-order valence-corrected chi connectivity index (χ1v) is 6.61. The molecule has 3 nitrogen and oxygen atoms in total. The Hall–Kier alpha value is -0.430. The zero-order chi connectivity index (χ0) is 13.0. The number of hydrogen-bond acceptors (Lipinski definition) is 3. The van der Waals surface area contributed by atoms with Crippen LogP contribution in [0.1, 0.15) is 5.56 Å². The summed E-state index contributed by atoms with van der Waals surface area (Å²) in [7, 11) is 0. The van der Waals surface area contributed by atoms with Gasteiger partial charge in [-0.3, -0.25) is 4.90 Å². The van der Waals surface area contributed by atoms with Gasteiger partial charge in [-0.25, -0.2) is 0 Å². The summed E-state index contributed by atoms with van der Waals surface area (Å²) in [5.41, 5.74) is 0.784. The Bertz CT molecular complexity index is 403. The van der Waals surface area contributed by atoms with Gasteiger partial charge < -0.3 is 10.1 Å². The first-order chi connectivity index (χ1) is 8.65. The monoisotopic (exact) mass is 356 g/mol. The highest BCUT2D eigenvalue weighted by Crippen LogP contribution is 2.26. The molecule has 1 aromatic carbocycles. The number of nitrogens with one attached hydrogen (secondary N) is 1. The van der Waals surface area contributed by atoms with E-state index in [2.05, 4.69) is 30.9 Å². The fourth-order valence-corrected chi connectivity index (χ4v) is 2.40. The molecule has 2 rings (SSSR count). The molecule has 0 unspecified atom stereocenters. The standard InChI is InChI=1S/C12H15BrF2N2O.ClH/c13-10-1-2-11(18-12(14)15)9(7-10)8-17-5-3-16-4-6-17;/h1-2,7,12,16H,3-6,8H2;1H. The Labute approximate surface area is 125 Å². The van der Waals surface area contributed by atoms with E-state index >= 15 is 0 Å². The molecular formula is C12H16BrClF2N2O. The maximum Gasteiger partial charge on any atom is 0.387 e. The average molecular weight is 358 g/mol. The molecule has 0 aromatic heterocycles. The molecule has 1 N–H and O–H groups in total. The van der Waals surface area contributed by atoms with Gasteiger partial charge in [0, 0.05) is 42.8 Å². The van der Waals surface area contributed by atoms with E-state index < -0.39 is 6.61 Å². The largest absolute Gasteiger partial charge is 0.434 e. The summed E-state index contributed by atoms with van der Waals surface area (Å²) in [5, 5.41) is 3.26. The van der Waals surface area contributed by atoms with Crippen molar-refractivity contribution in [2.45, 2.75) is 13.2 Å². The molecule has 1 aliphatic heterocycles. The molecular weight excluding hydrogens is 341 g/mol. The summed E-state index contributed by atoms with van der Waals surface area (Å²) in [4.78, 5) is 2.22. The van der Waals surface area contributed by atoms with Crippen LogP contribution in [0.3, 0.4) is 0 Å². The van der Waals surface area contributed by atoms with Crippen molar-refractivity contribution in [1.29, 1.82) is 0 Å². The smallest absolute Gasteiger partial charge is 0.387 e. The van der Waals surface area contributed by atoms with Gasteiger partial charge >= 0.3 is 6.61 Å².